The van der Waals surface area contributed by atoms with Gasteiger partial charge in [-0.25, -0.2) is 0 Å². The molecule has 3 heterocycles. The number of furan rings is 1. The maximum Gasteiger partial charge on any atom is 0.200 e. The third-order valence-corrected chi connectivity index (χ3v) is 4.67. The van der Waals surface area contributed by atoms with Gasteiger partial charge in [0.2, 0.25) is 5.82 Å². The van der Waals surface area contributed by atoms with Crippen LogP contribution in [0, 0.1) is 6.92 Å². The quantitative estimate of drug-likeness (QED) is 0.485. The molecule has 0 saturated carbocycles. The Labute approximate surface area is 148 Å². The van der Waals surface area contributed by atoms with Gasteiger partial charge in [-0.1, -0.05) is 47.3 Å². The van der Waals surface area contributed by atoms with Crippen molar-refractivity contribution in [3.8, 4) is 11.6 Å². The molecule has 0 aliphatic carbocycles. The van der Waals surface area contributed by atoms with Gasteiger partial charge in [0.1, 0.15) is 5.76 Å². The number of rotatable bonds is 6. The standard InChI is InChI=1S/C18H16N4O2S/c1-13-10-15(21-24-13)12-25-18-20-19-17(16-8-5-9-23-16)22(18)11-14-6-3-2-4-7-14/h2-10H,11-12H2,1H3. The number of hydrogen-bond acceptors (Lipinski definition) is 6. The van der Waals surface area contributed by atoms with Gasteiger partial charge in [0.05, 0.1) is 18.5 Å². The predicted molar refractivity (Wildman–Crippen MR) is 94.1 cm³/mol. The first kappa shape index (κ1) is 15.7. The summed E-state index contributed by atoms with van der Waals surface area (Å²) in [7, 11) is 0. The lowest BCUT2D eigenvalue weighted by atomic mass is 10.2. The van der Waals surface area contributed by atoms with Crippen molar-refractivity contribution < 1.29 is 8.94 Å². The molecule has 0 aliphatic rings. The van der Waals surface area contributed by atoms with Crippen LogP contribution in [0.1, 0.15) is 17.0 Å². The van der Waals surface area contributed by atoms with Gasteiger partial charge in [-0.2, -0.15) is 0 Å². The van der Waals surface area contributed by atoms with Gasteiger partial charge < -0.3 is 8.94 Å². The summed E-state index contributed by atoms with van der Waals surface area (Å²) in [6, 6.07) is 15.9. The second kappa shape index (κ2) is 6.98. The van der Waals surface area contributed by atoms with E-state index in [0.29, 0.717) is 23.9 Å². The lowest BCUT2D eigenvalue weighted by molar-refractivity contribution is 0.393. The Balaban J connectivity index is 1.63. The molecule has 0 N–H and O–H groups in total. The summed E-state index contributed by atoms with van der Waals surface area (Å²) in [5.41, 5.74) is 2.06. The second-order valence-electron chi connectivity index (χ2n) is 5.57. The summed E-state index contributed by atoms with van der Waals surface area (Å²) in [4.78, 5) is 0. The number of benzene rings is 1. The van der Waals surface area contributed by atoms with Gasteiger partial charge in [-0.3, -0.25) is 4.57 Å². The van der Waals surface area contributed by atoms with E-state index < -0.39 is 0 Å². The Hall–Kier alpha value is -2.80. The van der Waals surface area contributed by atoms with Crippen molar-refractivity contribution in [3.05, 3.63) is 71.8 Å². The van der Waals surface area contributed by atoms with E-state index in [0.717, 1.165) is 16.6 Å². The fourth-order valence-electron chi connectivity index (χ4n) is 2.52. The molecule has 0 amide bonds. The van der Waals surface area contributed by atoms with Crippen LogP contribution in [0.15, 0.2) is 68.9 Å². The van der Waals surface area contributed by atoms with Gasteiger partial charge >= 0.3 is 0 Å². The molecule has 0 bridgehead atoms. The zero-order valence-corrected chi connectivity index (χ0v) is 14.4. The molecule has 0 spiro atoms. The Kier molecular flexibility index (Phi) is 4.39. The van der Waals surface area contributed by atoms with Crippen LogP contribution in [-0.4, -0.2) is 19.9 Å². The first-order valence-electron chi connectivity index (χ1n) is 7.85. The zero-order chi connectivity index (χ0) is 17.1. The van der Waals surface area contributed by atoms with Crippen LogP contribution in [0.2, 0.25) is 0 Å². The number of aryl methyl sites for hydroxylation is 1. The highest BCUT2D eigenvalue weighted by Gasteiger charge is 2.17. The molecular weight excluding hydrogens is 336 g/mol. The maximum atomic E-state index is 5.52. The molecule has 0 radical (unpaired) electrons. The molecular formula is C18H16N4O2S. The molecule has 0 aliphatic heterocycles. The van der Waals surface area contributed by atoms with Crippen molar-refractivity contribution in [2.75, 3.05) is 0 Å². The number of thioether (sulfide) groups is 1. The molecule has 3 aromatic heterocycles. The van der Waals surface area contributed by atoms with E-state index in [-0.39, 0.29) is 0 Å². The zero-order valence-electron chi connectivity index (χ0n) is 13.6. The number of nitrogens with zero attached hydrogens (tertiary/aromatic N) is 4. The normalized spacial score (nSPS) is 11.1. The van der Waals surface area contributed by atoms with Crippen LogP contribution in [-0.2, 0) is 12.3 Å². The highest BCUT2D eigenvalue weighted by Crippen LogP contribution is 2.27. The molecule has 1 aromatic carbocycles. The molecule has 126 valence electrons. The maximum absolute atomic E-state index is 5.52. The van der Waals surface area contributed by atoms with Gasteiger partial charge in [-0.15, -0.1) is 10.2 Å². The average molecular weight is 352 g/mol. The van der Waals surface area contributed by atoms with Crippen LogP contribution in [0.25, 0.3) is 11.6 Å². The summed E-state index contributed by atoms with van der Waals surface area (Å²) in [6.45, 7) is 2.55. The van der Waals surface area contributed by atoms with Crippen LogP contribution < -0.4 is 0 Å². The van der Waals surface area contributed by atoms with E-state index in [1.807, 2.05) is 43.3 Å². The summed E-state index contributed by atoms with van der Waals surface area (Å²) in [5.74, 6) is 2.89. The van der Waals surface area contributed by atoms with Crippen molar-refractivity contribution in [3.63, 3.8) is 0 Å². The van der Waals surface area contributed by atoms with Crippen LogP contribution in [0.5, 0.6) is 0 Å². The average Bonchev–Trinajstić information content (AvgIpc) is 3.35. The monoisotopic (exact) mass is 352 g/mol. The first-order valence-corrected chi connectivity index (χ1v) is 8.84. The Morgan fingerprint density at radius 3 is 2.68 bits per heavy atom. The molecule has 7 heteroatoms. The Bertz CT molecular complexity index is 945. The van der Waals surface area contributed by atoms with Gasteiger partial charge in [0.15, 0.2) is 10.9 Å². The lowest BCUT2D eigenvalue weighted by Gasteiger charge is -2.08. The van der Waals surface area contributed by atoms with Gasteiger partial charge in [0, 0.05) is 11.8 Å². The predicted octanol–water partition coefficient (Wildman–Crippen LogP) is 4.18. The van der Waals surface area contributed by atoms with Crippen LogP contribution in [0.3, 0.4) is 0 Å². The topological polar surface area (TPSA) is 69.9 Å². The van der Waals surface area contributed by atoms with E-state index in [1.165, 1.54) is 5.56 Å². The summed E-state index contributed by atoms with van der Waals surface area (Å²) >= 11 is 1.58. The molecule has 4 aromatic rings. The van der Waals surface area contributed by atoms with E-state index in [4.69, 9.17) is 8.94 Å². The summed E-state index contributed by atoms with van der Waals surface area (Å²) in [6.07, 6.45) is 1.64. The summed E-state index contributed by atoms with van der Waals surface area (Å²) in [5, 5.41) is 13.5. The number of aromatic nitrogens is 4. The van der Waals surface area contributed by atoms with Crippen molar-refractivity contribution >= 4 is 11.8 Å². The molecule has 25 heavy (non-hydrogen) atoms. The largest absolute Gasteiger partial charge is 0.461 e. The number of hydrogen-bond donors (Lipinski definition) is 0. The third kappa shape index (κ3) is 3.51. The minimum absolute atomic E-state index is 0.669. The Morgan fingerprint density at radius 1 is 1.08 bits per heavy atom. The highest BCUT2D eigenvalue weighted by molar-refractivity contribution is 7.98. The van der Waals surface area contributed by atoms with E-state index in [1.54, 1.807) is 18.0 Å². The van der Waals surface area contributed by atoms with Crippen molar-refractivity contribution in [1.29, 1.82) is 0 Å². The molecule has 0 unspecified atom stereocenters. The van der Waals surface area contributed by atoms with Crippen molar-refractivity contribution in [2.45, 2.75) is 24.4 Å². The van der Waals surface area contributed by atoms with Crippen molar-refractivity contribution in [1.82, 2.24) is 19.9 Å². The fraction of sp³-hybridized carbons (Fsp3) is 0.167. The molecule has 6 nitrogen and oxygen atoms in total. The van der Waals surface area contributed by atoms with E-state index in [9.17, 15) is 0 Å². The minimum atomic E-state index is 0.669. The van der Waals surface area contributed by atoms with E-state index >= 15 is 0 Å². The second-order valence-corrected chi connectivity index (χ2v) is 6.52. The smallest absolute Gasteiger partial charge is 0.200 e. The third-order valence-electron chi connectivity index (χ3n) is 3.67. The van der Waals surface area contributed by atoms with Crippen LogP contribution >= 0.6 is 11.8 Å². The molecule has 0 saturated heterocycles. The van der Waals surface area contributed by atoms with Gasteiger partial charge in [-0.05, 0) is 24.6 Å². The SMILES string of the molecule is Cc1cc(CSc2nnc(-c3ccco3)n2Cc2ccccc2)no1. The van der Waals surface area contributed by atoms with E-state index in [2.05, 4.69) is 32.1 Å². The molecule has 0 fully saturated rings. The molecule has 0 atom stereocenters. The molecule has 4 rings (SSSR count). The first-order chi connectivity index (χ1) is 12.3. The fourth-order valence-corrected chi connectivity index (χ4v) is 3.33. The van der Waals surface area contributed by atoms with Gasteiger partial charge in [0.25, 0.3) is 0 Å². The van der Waals surface area contributed by atoms with Crippen molar-refractivity contribution in [2.24, 2.45) is 0 Å². The minimum Gasteiger partial charge on any atom is -0.461 e. The highest BCUT2D eigenvalue weighted by atomic mass is 32.2. The summed E-state index contributed by atoms with van der Waals surface area (Å²) < 4.78 is 12.7. The lowest BCUT2D eigenvalue weighted by Crippen LogP contribution is -2.03. The van der Waals surface area contributed by atoms with Crippen LogP contribution in [0.4, 0.5) is 0 Å². The Morgan fingerprint density at radius 2 is 1.96 bits per heavy atom.